The maximum absolute atomic E-state index is 13.8. The topological polar surface area (TPSA) is 54.7 Å². The third-order valence-corrected chi connectivity index (χ3v) is 8.47. The lowest BCUT2D eigenvalue weighted by Gasteiger charge is -2.45. The fourth-order valence-corrected chi connectivity index (χ4v) is 6.98. The first-order valence-corrected chi connectivity index (χ1v) is 12.8. The molecule has 5 heteroatoms. The van der Waals surface area contributed by atoms with E-state index >= 15 is 0 Å². The van der Waals surface area contributed by atoms with Gasteiger partial charge in [-0.25, -0.2) is 0 Å². The van der Waals surface area contributed by atoms with Crippen LogP contribution in [-0.4, -0.2) is 27.6 Å². The van der Waals surface area contributed by atoms with E-state index in [1.807, 2.05) is 37.3 Å². The largest absolute Gasteiger partial charge is 0.318 e. The van der Waals surface area contributed by atoms with Crippen LogP contribution in [0.4, 0.5) is 0 Å². The molecular formula is C32H27N3O2. The second-order valence-corrected chi connectivity index (χ2v) is 10.5. The lowest BCUT2D eigenvalue weighted by atomic mass is 9.55. The summed E-state index contributed by atoms with van der Waals surface area (Å²) in [5, 5.41) is 5.67. The van der Waals surface area contributed by atoms with E-state index in [4.69, 9.17) is 0 Å². The van der Waals surface area contributed by atoms with Crippen molar-refractivity contribution in [3.8, 4) is 5.69 Å². The molecule has 3 aliphatic carbocycles. The van der Waals surface area contributed by atoms with Crippen LogP contribution in [0.3, 0.4) is 0 Å². The molecule has 0 unspecified atom stereocenters. The first-order chi connectivity index (χ1) is 18.0. The fraction of sp³-hybridized carbons (Fsp3) is 0.219. The van der Waals surface area contributed by atoms with E-state index in [0.29, 0.717) is 0 Å². The minimum atomic E-state index is -0.417. The smallest absolute Gasteiger partial charge is 0.254 e. The summed E-state index contributed by atoms with van der Waals surface area (Å²) in [6.07, 6.45) is 1.67. The van der Waals surface area contributed by atoms with Gasteiger partial charge in [0.25, 0.3) is 11.8 Å². The number of aryl methyl sites for hydroxylation is 2. The van der Waals surface area contributed by atoms with Crippen LogP contribution < -0.4 is 0 Å². The van der Waals surface area contributed by atoms with E-state index in [-0.39, 0.29) is 23.7 Å². The van der Waals surface area contributed by atoms with Crippen LogP contribution in [0.25, 0.3) is 5.69 Å². The lowest BCUT2D eigenvalue weighted by molar-refractivity contribution is -0.139. The van der Waals surface area contributed by atoms with Gasteiger partial charge in [0.1, 0.15) is 0 Å². The summed E-state index contributed by atoms with van der Waals surface area (Å²) < 4.78 is 2.18. The van der Waals surface area contributed by atoms with Crippen molar-refractivity contribution in [3.05, 3.63) is 124 Å². The van der Waals surface area contributed by atoms with Crippen LogP contribution in [0.1, 0.15) is 56.6 Å². The van der Waals surface area contributed by atoms with Gasteiger partial charge in [-0.05, 0) is 66.8 Å². The van der Waals surface area contributed by atoms with Gasteiger partial charge in [0.15, 0.2) is 0 Å². The fourth-order valence-electron chi connectivity index (χ4n) is 6.98. The molecular weight excluding hydrogens is 458 g/mol. The number of rotatable bonds is 3. The number of carbonyl (C=O) groups is 2. The molecule has 0 N–H and O–H groups in total. The number of amides is 2. The summed E-state index contributed by atoms with van der Waals surface area (Å²) >= 11 is 0. The SMILES string of the molecule is Cc1cccc(-n2c(C)cc(/C=N\N3C(=O)[C@@H]4C5c6ccccc6C(c6ccccc65)[C@H]4C3=O)c2C)c1. The lowest BCUT2D eigenvalue weighted by Crippen LogP contribution is -2.41. The molecule has 1 fully saturated rings. The second kappa shape index (κ2) is 7.87. The van der Waals surface area contributed by atoms with Gasteiger partial charge < -0.3 is 4.57 Å². The average Bonchev–Trinajstić information content (AvgIpc) is 3.34. The van der Waals surface area contributed by atoms with E-state index in [0.717, 1.165) is 27.6 Å². The van der Waals surface area contributed by atoms with E-state index in [1.165, 1.54) is 27.8 Å². The predicted molar refractivity (Wildman–Crippen MR) is 143 cm³/mol. The number of hydrogen-bond acceptors (Lipinski definition) is 3. The Labute approximate surface area is 216 Å². The number of imide groups is 1. The molecule has 0 spiro atoms. The van der Waals surface area contributed by atoms with Gasteiger partial charge in [-0.3, -0.25) is 9.59 Å². The van der Waals surface area contributed by atoms with Crippen molar-refractivity contribution < 1.29 is 9.59 Å². The standard InChI is InChI=1S/C32H27N3O2/c1-18-9-8-10-22(15-18)34-19(2)16-21(20(34)3)17-33-35-31(36)29-27-23-11-4-5-12-24(23)28(30(29)32(35)37)26-14-7-6-13-25(26)27/h4-17,27-30H,1-3H3/b33-17-/t27?,28?,29-,30-/m1/s1. The molecule has 5 nitrogen and oxygen atoms in total. The first kappa shape index (κ1) is 22.0. The van der Waals surface area contributed by atoms with Gasteiger partial charge in [-0.2, -0.15) is 10.1 Å². The van der Waals surface area contributed by atoms with Crippen molar-refractivity contribution in [1.29, 1.82) is 0 Å². The third kappa shape index (κ3) is 3.00. The normalized spacial score (nSPS) is 23.5. The molecule has 4 aliphatic rings. The Morgan fingerprint density at radius 1 is 0.703 bits per heavy atom. The zero-order valence-electron chi connectivity index (χ0n) is 21.1. The summed E-state index contributed by atoms with van der Waals surface area (Å²) in [6.45, 7) is 6.17. The highest BCUT2D eigenvalue weighted by molar-refractivity contribution is 6.08. The summed E-state index contributed by atoms with van der Waals surface area (Å²) in [7, 11) is 0. The van der Waals surface area contributed by atoms with Crippen molar-refractivity contribution in [2.24, 2.45) is 16.9 Å². The van der Waals surface area contributed by atoms with Crippen LogP contribution >= 0.6 is 0 Å². The number of benzene rings is 3. The molecule has 182 valence electrons. The second-order valence-electron chi connectivity index (χ2n) is 10.5. The highest BCUT2D eigenvalue weighted by atomic mass is 16.2. The van der Waals surface area contributed by atoms with Crippen LogP contribution in [-0.2, 0) is 9.59 Å². The first-order valence-electron chi connectivity index (χ1n) is 12.8. The number of nitrogens with zero attached hydrogens (tertiary/aromatic N) is 3. The number of carbonyl (C=O) groups excluding carboxylic acids is 2. The Bertz CT molecular complexity index is 1530. The highest BCUT2D eigenvalue weighted by Gasteiger charge is 2.61. The maximum Gasteiger partial charge on any atom is 0.254 e. The molecule has 8 rings (SSSR count). The van der Waals surface area contributed by atoms with Gasteiger partial charge >= 0.3 is 0 Å². The molecule has 4 aromatic rings. The molecule has 2 bridgehead atoms. The molecule has 0 saturated carbocycles. The monoisotopic (exact) mass is 485 g/mol. The molecule has 37 heavy (non-hydrogen) atoms. The van der Waals surface area contributed by atoms with Crippen molar-refractivity contribution in [1.82, 2.24) is 9.58 Å². The molecule has 3 aromatic carbocycles. The maximum atomic E-state index is 13.8. The van der Waals surface area contributed by atoms with E-state index in [1.54, 1.807) is 6.21 Å². The summed E-state index contributed by atoms with van der Waals surface area (Å²) in [5.41, 5.74) is 9.92. The zero-order chi connectivity index (χ0) is 25.4. The Kier molecular flexibility index (Phi) is 4.68. The van der Waals surface area contributed by atoms with E-state index < -0.39 is 11.8 Å². The van der Waals surface area contributed by atoms with Crippen molar-refractivity contribution in [2.75, 3.05) is 0 Å². The van der Waals surface area contributed by atoms with Crippen LogP contribution in [0.5, 0.6) is 0 Å². The molecule has 2 amide bonds. The van der Waals surface area contributed by atoms with Gasteiger partial charge in [-0.1, -0.05) is 60.7 Å². The molecule has 2 atom stereocenters. The van der Waals surface area contributed by atoms with Gasteiger partial charge in [0, 0.05) is 34.5 Å². The van der Waals surface area contributed by atoms with Crippen molar-refractivity contribution >= 4 is 18.0 Å². The van der Waals surface area contributed by atoms with Gasteiger partial charge in [0.2, 0.25) is 0 Å². The zero-order valence-corrected chi connectivity index (χ0v) is 21.1. The Morgan fingerprint density at radius 2 is 1.24 bits per heavy atom. The van der Waals surface area contributed by atoms with Crippen LogP contribution in [0, 0.1) is 32.6 Å². The van der Waals surface area contributed by atoms with Gasteiger partial charge in [-0.15, -0.1) is 0 Å². The minimum Gasteiger partial charge on any atom is -0.318 e. The molecule has 1 aromatic heterocycles. The molecule has 0 radical (unpaired) electrons. The average molecular weight is 486 g/mol. The van der Waals surface area contributed by atoms with Gasteiger partial charge in [0.05, 0.1) is 18.1 Å². The number of hydrazone groups is 1. The predicted octanol–water partition coefficient (Wildman–Crippen LogP) is 5.63. The third-order valence-electron chi connectivity index (χ3n) is 8.47. The van der Waals surface area contributed by atoms with Crippen LogP contribution in [0.2, 0.25) is 0 Å². The van der Waals surface area contributed by atoms with E-state index in [2.05, 4.69) is 72.0 Å². The number of aromatic nitrogens is 1. The van der Waals surface area contributed by atoms with E-state index in [9.17, 15) is 9.59 Å². The summed E-state index contributed by atoms with van der Waals surface area (Å²) in [6, 6.07) is 27.0. The quantitative estimate of drug-likeness (QED) is 0.279. The Balaban J connectivity index is 1.27. The summed E-state index contributed by atoms with van der Waals surface area (Å²) in [4.78, 5) is 27.6. The van der Waals surface area contributed by atoms with Crippen molar-refractivity contribution in [3.63, 3.8) is 0 Å². The summed E-state index contributed by atoms with van der Waals surface area (Å²) in [5.74, 6) is -1.47. The molecule has 1 aliphatic heterocycles. The van der Waals surface area contributed by atoms with Crippen molar-refractivity contribution in [2.45, 2.75) is 32.6 Å². The van der Waals surface area contributed by atoms with Crippen LogP contribution in [0.15, 0.2) is 84.0 Å². The molecule has 2 heterocycles. The number of hydrogen-bond donors (Lipinski definition) is 0. The molecule has 1 saturated heterocycles. The Hall–Kier alpha value is -4.25. The highest BCUT2D eigenvalue weighted by Crippen LogP contribution is 2.60. The Morgan fingerprint density at radius 3 is 1.76 bits per heavy atom. The minimum absolute atomic E-state index is 0.120.